The minimum absolute atomic E-state index is 0.00766. The molecular formula is C16H28N4O. The second kappa shape index (κ2) is 5.79. The summed E-state index contributed by atoms with van der Waals surface area (Å²) in [6.07, 6.45) is 1.77. The number of aryl methyl sites for hydroxylation is 2. The summed E-state index contributed by atoms with van der Waals surface area (Å²) in [6.45, 7) is 10.5. The summed E-state index contributed by atoms with van der Waals surface area (Å²) >= 11 is 0. The van der Waals surface area contributed by atoms with Crippen molar-refractivity contribution in [2.45, 2.75) is 40.5 Å². The van der Waals surface area contributed by atoms with Gasteiger partial charge in [-0.1, -0.05) is 13.8 Å². The number of likely N-dealkylation sites (tertiary alicyclic amines) is 1. The van der Waals surface area contributed by atoms with Gasteiger partial charge in [0.05, 0.1) is 5.69 Å². The molecule has 1 aromatic rings. The number of rotatable bonds is 4. The monoisotopic (exact) mass is 292 g/mol. The molecule has 118 valence electrons. The second-order valence-corrected chi connectivity index (χ2v) is 6.90. The number of hydrogen-bond donors (Lipinski definition) is 1. The van der Waals surface area contributed by atoms with Crippen molar-refractivity contribution >= 4 is 5.91 Å². The van der Waals surface area contributed by atoms with E-state index in [0.717, 1.165) is 37.3 Å². The summed E-state index contributed by atoms with van der Waals surface area (Å²) in [5, 5.41) is 4.43. The maximum atomic E-state index is 12.6. The molecule has 0 saturated carbocycles. The van der Waals surface area contributed by atoms with Crippen molar-refractivity contribution in [2.75, 3.05) is 19.6 Å². The molecule has 5 heteroatoms. The second-order valence-electron chi connectivity index (χ2n) is 6.90. The van der Waals surface area contributed by atoms with E-state index in [-0.39, 0.29) is 17.2 Å². The molecule has 2 N–H and O–H groups in total. The van der Waals surface area contributed by atoms with Crippen LogP contribution in [0, 0.1) is 25.2 Å². The molecule has 21 heavy (non-hydrogen) atoms. The standard InChI is InChI=1S/C16H28N4O/c1-11(8-14-12(2)18-19(5)13(14)3)15(21)20-7-6-16(4,9-17)10-20/h11H,6-10,17H2,1-5H3. The van der Waals surface area contributed by atoms with Crippen molar-refractivity contribution in [1.82, 2.24) is 14.7 Å². The molecule has 1 amide bonds. The first kappa shape index (κ1) is 16.0. The van der Waals surface area contributed by atoms with Gasteiger partial charge in [0, 0.05) is 31.7 Å². The lowest BCUT2D eigenvalue weighted by atomic mass is 9.90. The Kier molecular flexibility index (Phi) is 4.42. The van der Waals surface area contributed by atoms with E-state index in [2.05, 4.69) is 18.9 Å². The third-order valence-corrected chi connectivity index (χ3v) is 4.95. The summed E-state index contributed by atoms with van der Waals surface area (Å²) in [5.41, 5.74) is 9.31. The fourth-order valence-corrected chi connectivity index (χ4v) is 3.20. The first-order valence-corrected chi connectivity index (χ1v) is 7.75. The molecule has 2 unspecified atom stereocenters. The van der Waals surface area contributed by atoms with Crippen LogP contribution in [0.15, 0.2) is 0 Å². The smallest absolute Gasteiger partial charge is 0.225 e. The zero-order chi connectivity index (χ0) is 15.8. The Morgan fingerprint density at radius 3 is 2.62 bits per heavy atom. The summed E-state index contributed by atoms with van der Waals surface area (Å²) < 4.78 is 1.89. The summed E-state index contributed by atoms with van der Waals surface area (Å²) in [7, 11) is 1.95. The number of hydrogen-bond acceptors (Lipinski definition) is 3. The Labute approximate surface area is 127 Å². The minimum Gasteiger partial charge on any atom is -0.342 e. The fourth-order valence-electron chi connectivity index (χ4n) is 3.20. The number of carbonyl (C=O) groups is 1. The minimum atomic E-state index is -0.00766. The lowest BCUT2D eigenvalue weighted by Crippen LogP contribution is -2.37. The Balaban J connectivity index is 2.04. The van der Waals surface area contributed by atoms with E-state index in [9.17, 15) is 4.79 Å². The zero-order valence-electron chi connectivity index (χ0n) is 13.9. The van der Waals surface area contributed by atoms with E-state index in [1.807, 2.05) is 30.5 Å². The van der Waals surface area contributed by atoms with Gasteiger partial charge in [0.25, 0.3) is 0 Å². The van der Waals surface area contributed by atoms with Gasteiger partial charge in [-0.2, -0.15) is 5.10 Å². The van der Waals surface area contributed by atoms with Crippen molar-refractivity contribution in [2.24, 2.45) is 24.1 Å². The van der Waals surface area contributed by atoms with Crippen LogP contribution in [0.25, 0.3) is 0 Å². The number of carbonyl (C=O) groups excluding carboxylic acids is 1. The van der Waals surface area contributed by atoms with Crippen LogP contribution in [0.4, 0.5) is 0 Å². The third kappa shape index (κ3) is 3.12. The topological polar surface area (TPSA) is 64.2 Å². The van der Waals surface area contributed by atoms with Gasteiger partial charge in [-0.25, -0.2) is 0 Å². The number of aromatic nitrogens is 2. The Hall–Kier alpha value is -1.36. The molecule has 1 fully saturated rings. The highest BCUT2D eigenvalue weighted by atomic mass is 16.2. The molecule has 1 aliphatic rings. The highest BCUT2D eigenvalue weighted by Crippen LogP contribution is 2.30. The van der Waals surface area contributed by atoms with Gasteiger partial charge >= 0.3 is 0 Å². The van der Waals surface area contributed by atoms with Gasteiger partial charge in [0.1, 0.15) is 0 Å². The van der Waals surface area contributed by atoms with E-state index in [1.165, 1.54) is 5.56 Å². The van der Waals surface area contributed by atoms with Crippen molar-refractivity contribution in [3.05, 3.63) is 17.0 Å². The van der Waals surface area contributed by atoms with Crippen LogP contribution in [0.5, 0.6) is 0 Å². The largest absolute Gasteiger partial charge is 0.342 e. The van der Waals surface area contributed by atoms with Crippen LogP contribution < -0.4 is 5.73 Å². The molecule has 2 heterocycles. The summed E-state index contributed by atoms with van der Waals surface area (Å²) in [4.78, 5) is 14.6. The molecule has 1 saturated heterocycles. The normalized spacial score (nSPS) is 23.6. The lowest BCUT2D eigenvalue weighted by Gasteiger charge is -2.24. The first-order chi connectivity index (χ1) is 9.77. The molecule has 0 aliphatic carbocycles. The van der Waals surface area contributed by atoms with Gasteiger partial charge in [0.15, 0.2) is 0 Å². The molecule has 5 nitrogen and oxygen atoms in total. The maximum Gasteiger partial charge on any atom is 0.225 e. The van der Waals surface area contributed by atoms with E-state index < -0.39 is 0 Å². The Bertz CT molecular complexity index is 537. The van der Waals surface area contributed by atoms with Gasteiger partial charge in [-0.05, 0) is 44.2 Å². The van der Waals surface area contributed by atoms with Crippen molar-refractivity contribution < 1.29 is 4.79 Å². The van der Waals surface area contributed by atoms with Gasteiger partial charge in [0.2, 0.25) is 5.91 Å². The van der Waals surface area contributed by atoms with Crippen molar-refractivity contribution in [1.29, 1.82) is 0 Å². The van der Waals surface area contributed by atoms with E-state index in [4.69, 9.17) is 5.73 Å². The van der Waals surface area contributed by atoms with Gasteiger partial charge in [-0.3, -0.25) is 9.48 Å². The summed E-state index contributed by atoms with van der Waals surface area (Å²) in [5.74, 6) is 0.238. The lowest BCUT2D eigenvalue weighted by molar-refractivity contribution is -0.134. The van der Waals surface area contributed by atoms with E-state index in [1.54, 1.807) is 0 Å². The zero-order valence-corrected chi connectivity index (χ0v) is 13.9. The van der Waals surface area contributed by atoms with E-state index >= 15 is 0 Å². The quantitative estimate of drug-likeness (QED) is 0.912. The predicted octanol–water partition coefficient (Wildman–Crippen LogP) is 1.41. The van der Waals surface area contributed by atoms with Crippen LogP contribution in [0.3, 0.4) is 0 Å². The first-order valence-electron chi connectivity index (χ1n) is 7.75. The average molecular weight is 292 g/mol. The van der Waals surface area contributed by atoms with Crippen LogP contribution in [-0.4, -0.2) is 40.2 Å². The van der Waals surface area contributed by atoms with Gasteiger partial charge in [-0.15, -0.1) is 0 Å². The molecule has 0 aromatic carbocycles. The number of nitrogens with two attached hydrogens (primary N) is 1. The Morgan fingerprint density at radius 1 is 1.48 bits per heavy atom. The fraction of sp³-hybridized carbons (Fsp3) is 0.750. The molecule has 1 aliphatic heterocycles. The SMILES string of the molecule is Cc1nn(C)c(C)c1CC(C)C(=O)N1CCC(C)(CN)C1. The van der Waals surface area contributed by atoms with Crippen LogP contribution in [0.2, 0.25) is 0 Å². The van der Waals surface area contributed by atoms with Crippen LogP contribution in [-0.2, 0) is 18.3 Å². The van der Waals surface area contributed by atoms with Crippen LogP contribution in [0.1, 0.15) is 37.2 Å². The van der Waals surface area contributed by atoms with Gasteiger partial charge < -0.3 is 10.6 Å². The molecule has 1 aromatic heterocycles. The number of nitrogens with zero attached hydrogens (tertiary/aromatic N) is 3. The number of amides is 1. The highest BCUT2D eigenvalue weighted by molar-refractivity contribution is 5.79. The van der Waals surface area contributed by atoms with E-state index in [0.29, 0.717) is 6.54 Å². The van der Waals surface area contributed by atoms with Crippen molar-refractivity contribution in [3.63, 3.8) is 0 Å². The summed E-state index contributed by atoms with van der Waals surface area (Å²) in [6, 6.07) is 0. The maximum absolute atomic E-state index is 12.6. The molecule has 0 bridgehead atoms. The average Bonchev–Trinajstić information content (AvgIpc) is 2.95. The molecule has 2 atom stereocenters. The molecule has 0 radical (unpaired) electrons. The molecular weight excluding hydrogens is 264 g/mol. The predicted molar refractivity (Wildman–Crippen MR) is 83.9 cm³/mol. The Morgan fingerprint density at radius 2 is 2.14 bits per heavy atom. The van der Waals surface area contributed by atoms with Crippen molar-refractivity contribution in [3.8, 4) is 0 Å². The van der Waals surface area contributed by atoms with Crippen LogP contribution >= 0.6 is 0 Å². The third-order valence-electron chi connectivity index (χ3n) is 4.95. The molecule has 0 spiro atoms. The molecule has 2 rings (SSSR count). The highest BCUT2D eigenvalue weighted by Gasteiger charge is 2.36.